The van der Waals surface area contributed by atoms with Crippen molar-refractivity contribution in [3.63, 3.8) is 0 Å². The Morgan fingerprint density at radius 1 is 1.19 bits per heavy atom. The van der Waals surface area contributed by atoms with Gasteiger partial charge in [-0.2, -0.15) is 5.01 Å². The Morgan fingerprint density at radius 2 is 1.95 bits per heavy atom. The van der Waals surface area contributed by atoms with E-state index in [4.69, 9.17) is 4.42 Å². The molecule has 1 saturated heterocycles. The average Bonchev–Trinajstić information content (AvgIpc) is 3.04. The van der Waals surface area contributed by atoms with Gasteiger partial charge < -0.3 is 4.42 Å². The number of para-hydroxylation sites is 1. The zero-order valence-corrected chi connectivity index (χ0v) is 12.5. The molecular formula is C17H18N2O2. The fraction of sp³-hybridized carbons (Fsp3) is 0.353. The van der Waals surface area contributed by atoms with E-state index >= 15 is 0 Å². The number of amides is 1. The second-order valence-corrected chi connectivity index (χ2v) is 6.45. The lowest BCUT2D eigenvalue weighted by atomic mass is 9.95. The second-order valence-electron chi connectivity index (χ2n) is 6.45. The summed E-state index contributed by atoms with van der Waals surface area (Å²) in [4.78, 5) is 12.5. The number of carbonyl (C=O) groups is 1. The number of carbonyl (C=O) groups excluding carboxylic acids is 1. The first kappa shape index (κ1) is 12.7. The smallest absolute Gasteiger partial charge is 0.243 e. The molecule has 21 heavy (non-hydrogen) atoms. The molecule has 1 amide bonds. The summed E-state index contributed by atoms with van der Waals surface area (Å²) in [5.74, 6) is 1.94. The molecule has 0 spiro atoms. The van der Waals surface area contributed by atoms with Crippen molar-refractivity contribution in [3.05, 3.63) is 53.5 Å². The van der Waals surface area contributed by atoms with Crippen molar-refractivity contribution in [3.8, 4) is 0 Å². The molecule has 2 aliphatic heterocycles. The number of furan rings is 1. The molecule has 0 saturated carbocycles. The SMILES string of the molecule is Cc1ccc(C2c3ccccc3N3C(=O)CC(C)(C)N23)o1. The van der Waals surface area contributed by atoms with Crippen LogP contribution >= 0.6 is 0 Å². The molecule has 2 aromatic rings. The molecular weight excluding hydrogens is 264 g/mol. The summed E-state index contributed by atoms with van der Waals surface area (Å²) in [5.41, 5.74) is 1.89. The minimum absolute atomic E-state index is 0.0312. The summed E-state index contributed by atoms with van der Waals surface area (Å²) in [5, 5.41) is 4.00. The molecule has 2 aliphatic rings. The molecule has 1 aromatic carbocycles. The van der Waals surface area contributed by atoms with Crippen molar-refractivity contribution in [2.75, 3.05) is 5.01 Å². The molecule has 1 aromatic heterocycles. The van der Waals surface area contributed by atoms with E-state index in [1.165, 1.54) is 0 Å². The van der Waals surface area contributed by atoms with Crippen LogP contribution in [0.15, 0.2) is 40.8 Å². The quantitative estimate of drug-likeness (QED) is 0.804. The van der Waals surface area contributed by atoms with Crippen LogP contribution in [0.3, 0.4) is 0 Å². The van der Waals surface area contributed by atoms with Crippen LogP contribution < -0.4 is 5.01 Å². The Balaban J connectivity index is 1.94. The number of aryl methyl sites for hydroxylation is 1. The van der Waals surface area contributed by atoms with Gasteiger partial charge in [0.15, 0.2) is 0 Å². The average molecular weight is 282 g/mol. The van der Waals surface area contributed by atoms with Gasteiger partial charge in [-0.25, -0.2) is 5.01 Å². The van der Waals surface area contributed by atoms with E-state index in [0.29, 0.717) is 6.42 Å². The first-order valence-corrected chi connectivity index (χ1v) is 7.26. The van der Waals surface area contributed by atoms with Gasteiger partial charge in [0.25, 0.3) is 0 Å². The third kappa shape index (κ3) is 1.62. The first-order valence-electron chi connectivity index (χ1n) is 7.26. The first-order chi connectivity index (χ1) is 9.99. The molecule has 0 radical (unpaired) electrons. The topological polar surface area (TPSA) is 36.7 Å². The zero-order valence-electron chi connectivity index (χ0n) is 12.5. The molecule has 1 unspecified atom stereocenters. The van der Waals surface area contributed by atoms with Crippen LogP contribution in [0, 0.1) is 6.92 Å². The van der Waals surface area contributed by atoms with Gasteiger partial charge in [-0.05, 0) is 39.0 Å². The van der Waals surface area contributed by atoms with Gasteiger partial charge in [0.05, 0.1) is 5.69 Å². The number of rotatable bonds is 1. The highest BCUT2D eigenvalue weighted by Gasteiger charge is 2.54. The number of nitrogens with zero attached hydrogens (tertiary/aromatic N) is 2. The van der Waals surface area contributed by atoms with Gasteiger partial charge in [-0.3, -0.25) is 4.79 Å². The van der Waals surface area contributed by atoms with Gasteiger partial charge in [-0.15, -0.1) is 0 Å². The molecule has 3 heterocycles. The monoisotopic (exact) mass is 282 g/mol. The van der Waals surface area contributed by atoms with E-state index in [1.807, 2.05) is 42.3 Å². The van der Waals surface area contributed by atoms with E-state index in [2.05, 4.69) is 24.9 Å². The number of fused-ring (bicyclic) bond motifs is 3. The lowest BCUT2D eigenvalue weighted by molar-refractivity contribution is -0.118. The molecule has 1 fully saturated rings. The van der Waals surface area contributed by atoms with Gasteiger partial charge >= 0.3 is 0 Å². The highest BCUT2D eigenvalue weighted by atomic mass is 16.3. The van der Waals surface area contributed by atoms with Crippen LogP contribution in [0.1, 0.15) is 43.4 Å². The highest BCUT2D eigenvalue weighted by Crippen LogP contribution is 2.51. The fourth-order valence-electron chi connectivity index (χ4n) is 3.55. The predicted octanol–water partition coefficient (Wildman–Crippen LogP) is 3.42. The van der Waals surface area contributed by atoms with E-state index in [9.17, 15) is 4.79 Å². The predicted molar refractivity (Wildman–Crippen MR) is 79.8 cm³/mol. The maximum absolute atomic E-state index is 12.5. The van der Waals surface area contributed by atoms with Crippen LogP contribution in [0.4, 0.5) is 5.69 Å². The van der Waals surface area contributed by atoms with Crippen LogP contribution in [-0.2, 0) is 4.79 Å². The molecule has 0 bridgehead atoms. The van der Waals surface area contributed by atoms with E-state index in [-0.39, 0.29) is 17.5 Å². The number of hydrogen-bond donors (Lipinski definition) is 0. The summed E-state index contributed by atoms with van der Waals surface area (Å²) < 4.78 is 5.88. The summed E-state index contributed by atoms with van der Waals surface area (Å²) in [6.07, 6.45) is 0.525. The van der Waals surface area contributed by atoms with E-state index in [1.54, 1.807) is 0 Å². The lowest BCUT2D eigenvalue weighted by Crippen LogP contribution is -2.45. The van der Waals surface area contributed by atoms with Crippen molar-refractivity contribution in [1.82, 2.24) is 5.01 Å². The molecule has 108 valence electrons. The number of anilines is 1. The van der Waals surface area contributed by atoms with Gasteiger partial charge in [0.1, 0.15) is 17.6 Å². The summed E-state index contributed by atoms with van der Waals surface area (Å²) in [7, 11) is 0. The Kier molecular flexibility index (Phi) is 2.40. The number of hydrogen-bond acceptors (Lipinski definition) is 3. The number of benzene rings is 1. The standard InChI is InChI=1S/C17H18N2O2/c1-11-8-9-14(21-11)16-12-6-4-5-7-13(12)18-15(20)10-17(2,3)19(16)18/h4-9,16H,10H2,1-3H3. The lowest BCUT2D eigenvalue weighted by Gasteiger charge is -2.34. The largest absolute Gasteiger partial charge is 0.464 e. The summed E-state index contributed by atoms with van der Waals surface area (Å²) in [6, 6.07) is 12.0. The van der Waals surface area contributed by atoms with Crippen LogP contribution in [-0.4, -0.2) is 16.5 Å². The highest BCUT2D eigenvalue weighted by molar-refractivity contribution is 5.98. The van der Waals surface area contributed by atoms with E-state index in [0.717, 1.165) is 22.8 Å². The van der Waals surface area contributed by atoms with Crippen LogP contribution in [0.2, 0.25) is 0 Å². The third-order valence-corrected chi connectivity index (χ3v) is 4.39. The minimum Gasteiger partial charge on any atom is -0.464 e. The van der Waals surface area contributed by atoms with Crippen molar-refractivity contribution in [2.24, 2.45) is 0 Å². The van der Waals surface area contributed by atoms with Crippen molar-refractivity contribution in [1.29, 1.82) is 0 Å². The molecule has 4 nitrogen and oxygen atoms in total. The Morgan fingerprint density at radius 3 is 2.67 bits per heavy atom. The summed E-state index contributed by atoms with van der Waals surface area (Å²) >= 11 is 0. The fourth-order valence-corrected chi connectivity index (χ4v) is 3.55. The second kappa shape index (κ2) is 3.98. The maximum atomic E-state index is 12.5. The van der Waals surface area contributed by atoms with Crippen molar-refractivity contribution >= 4 is 11.6 Å². The van der Waals surface area contributed by atoms with Gasteiger partial charge in [-0.1, -0.05) is 18.2 Å². The van der Waals surface area contributed by atoms with Crippen LogP contribution in [0.25, 0.3) is 0 Å². The Hall–Kier alpha value is -2.07. The van der Waals surface area contributed by atoms with Gasteiger partial charge in [0.2, 0.25) is 5.91 Å². The van der Waals surface area contributed by atoms with Crippen molar-refractivity contribution in [2.45, 2.75) is 38.8 Å². The molecule has 0 aliphatic carbocycles. The maximum Gasteiger partial charge on any atom is 0.243 e. The molecule has 4 heteroatoms. The van der Waals surface area contributed by atoms with E-state index < -0.39 is 0 Å². The molecule has 0 N–H and O–H groups in total. The van der Waals surface area contributed by atoms with Crippen molar-refractivity contribution < 1.29 is 9.21 Å². The van der Waals surface area contributed by atoms with Crippen LogP contribution in [0.5, 0.6) is 0 Å². The zero-order chi connectivity index (χ0) is 14.8. The molecule has 4 rings (SSSR count). The number of hydrazine groups is 1. The van der Waals surface area contributed by atoms with Gasteiger partial charge in [0, 0.05) is 17.5 Å². The minimum atomic E-state index is -0.221. The Labute approximate surface area is 123 Å². The Bertz CT molecular complexity index is 732. The molecule has 1 atom stereocenters. The normalized spacial score (nSPS) is 23.5. The third-order valence-electron chi connectivity index (χ3n) is 4.39. The summed E-state index contributed by atoms with van der Waals surface area (Å²) in [6.45, 7) is 6.17.